The standard InChI is InChI=1S/C24H31N3O3/c1-2-3-16-30-22-9-7-8-21(17-22)25-18-23(28)26-20-12-10-19(11-13-20)24(29)27-14-5-4-6-15-27/h7-13,17,25H,2-6,14-16,18H2,1H3,(H,26,28). The van der Waals surface area contributed by atoms with Crippen molar-refractivity contribution in [1.29, 1.82) is 0 Å². The Balaban J connectivity index is 1.47. The minimum atomic E-state index is -0.151. The number of benzene rings is 2. The number of ether oxygens (including phenoxy) is 1. The summed E-state index contributed by atoms with van der Waals surface area (Å²) in [5.41, 5.74) is 2.17. The fourth-order valence-electron chi connectivity index (χ4n) is 3.39. The first-order valence-corrected chi connectivity index (χ1v) is 10.8. The van der Waals surface area contributed by atoms with Crippen LogP contribution in [-0.4, -0.2) is 43.0 Å². The Morgan fingerprint density at radius 1 is 1.00 bits per heavy atom. The van der Waals surface area contributed by atoms with E-state index in [4.69, 9.17) is 4.74 Å². The van der Waals surface area contributed by atoms with Crippen LogP contribution < -0.4 is 15.4 Å². The maximum Gasteiger partial charge on any atom is 0.253 e. The molecule has 0 aromatic heterocycles. The predicted molar refractivity (Wildman–Crippen MR) is 120 cm³/mol. The van der Waals surface area contributed by atoms with Gasteiger partial charge in [-0.3, -0.25) is 9.59 Å². The van der Waals surface area contributed by atoms with Gasteiger partial charge < -0.3 is 20.3 Å². The van der Waals surface area contributed by atoms with E-state index in [2.05, 4.69) is 17.6 Å². The van der Waals surface area contributed by atoms with Crippen LogP contribution in [0.4, 0.5) is 11.4 Å². The van der Waals surface area contributed by atoms with Crippen molar-refractivity contribution >= 4 is 23.2 Å². The number of hydrogen-bond acceptors (Lipinski definition) is 4. The van der Waals surface area contributed by atoms with Crippen molar-refractivity contribution in [3.8, 4) is 5.75 Å². The molecule has 2 aromatic carbocycles. The smallest absolute Gasteiger partial charge is 0.253 e. The Bertz CT molecular complexity index is 830. The van der Waals surface area contributed by atoms with Gasteiger partial charge in [0.2, 0.25) is 5.91 Å². The number of anilines is 2. The lowest BCUT2D eigenvalue weighted by Gasteiger charge is -2.26. The first kappa shape index (κ1) is 21.7. The summed E-state index contributed by atoms with van der Waals surface area (Å²) in [6.45, 7) is 4.62. The van der Waals surface area contributed by atoms with Gasteiger partial charge in [0.1, 0.15) is 5.75 Å². The predicted octanol–water partition coefficient (Wildman–Crippen LogP) is 4.54. The van der Waals surface area contributed by atoms with E-state index in [0.717, 1.165) is 50.2 Å². The van der Waals surface area contributed by atoms with Crippen molar-refractivity contribution in [3.63, 3.8) is 0 Å². The van der Waals surface area contributed by atoms with Gasteiger partial charge >= 0.3 is 0 Å². The molecule has 160 valence electrons. The van der Waals surface area contributed by atoms with Crippen molar-refractivity contribution in [3.05, 3.63) is 54.1 Å². The lowest BCUT2D eigenvalue weighted by atomic mass is 10.1. The molecule has 6 nitrogen and oxygen atoms in total. The fraction of sp³-hybridized carbons (Fsp3) is 0.417. The molecule has 1 fully saturated rings. The van der Waals surface area contributed by atoms with Crippen LogP contribution >= 0.6 is 0 Å². The Hall–Kier alpha value is -3.02. The molecule has 0 atom stereocenters. The maximum atomic E-state index is 12.5. The van der Waals surface area contributed by atoms with Crippen LogP contribution in [0.1, 0.15) is 49.4 Å². The van der Waals surface area contributed by atoms with Crippen LogP contribution in [-0.2, 0) is 4.79 Å². The average Bonchev–Trinajstić information content (AvgIpc) is 2.79. The lowest BCUT2D eigenvalue weighted by Crippen LogP contribution is -2.35. The zero-order valence-electron chi connectivity index (χ0n) is 17.7. The molecule has 0 saturated carbocycles. The van der Waals surface area contributed by atoms with E-state index in [1.807, 2.05) is 29.2 Å². The number of carbonyl (C=O) groups is 2. The number of likely N-dealkylation sites (tertiary alicyclic amines) is 1. The number of amides is 2. The van der Waals surface area contributed by atoms with Crippen molar-refractivity contribution in [1.82, 2.24) is 4.90 Å². The highest BCUT2D eigenvalue weighted by atomic mass is 16.5. The molecule has 3 rings (SSSR count). The average molecular weight is 410 g/mol. The Morgan fingerprint density at radius 2 is 1.77 bits per heavy atom. The number of nitrogens with one attached hydrogen (secondary N) is 2. The van der Waals surface area contributed by atoms with Gasteiger partial charge in [0.05, 0.1) is 13.2 Å². The molecule has 1 aliphatic heterocycles. The molecule has 30 heavy (non-hydrogen) atoms. The van der Waals surface area contributed by atoms with Crippen LogP contribution in [0.5, 0.6) is 5.75 Å². The van der Waals surface area contributed by atoms with Crippen LogP contribution in [0.3, 0.4) is 0 Å². The summed E-state index contributed by atoms with van der Waals surface area (Å²) >= 11 is 0. The summed E-state index contributed by atoms with van der Waals surface area (Å²) in [5.74, 6) is 0.709. The summed E-state index contributed by atoms with van der Waals surface area (Å²) < 4.78 is 5.69. The van der Waals surface area contributed by atoms with E-state index in [9.17, 15) is 9.59 Å². The molecule has 0 unspecified atom stereocenters. The molecule has 0 spiro atoms. The largest absolute Gasteiger partial charge is 0.494 e. The highest BCUT2D eigenvalue weighted by Crippen LogP contribution is 2.18. The van der Waals surface area contributed by atoms with Gasteiger partial charge in [-0.1, -0.05) is 19.4 Å². The summed E-state index contributed by atoms with van der Waals surface area (Å²) in [6.07, 6.45) is 5.44. The van der Waals surface area contributed by atoms with Gasteiger partial charge in [-0.2, -0.15) is 0 Å². The molecule has 1 saturated heterocycles. The molecule has 1 aliphatic rings. The van der Waals surface area contributed by atoms with E-state index in [-0.39, 0.29) is 18.4 Å². The molecular formula is C24H31N3O3. The third-order valence-electron chi connectivity index (χ3n) is 5.11. The monoisotopic (exact) mass is 409 g/mol. The van der Waals surface area contributed by atoms with E-state index in [0.29, 0.717) is 17.9 Å². The molecule has 6 heteroatoms. The molecule has 2 aromatic rings. The second-order valence-electron chi connectivity index (χ2n) is 7.56. The second-order valence-corrected chi connectivity index (χ2v) is 7.56. The molecule has 0 bridgehead atoms. The van der Waals surface area contributed by atoms with Crippen LogP contribution in [0.25, 0.3) is 0 Å². The SMILES string of the molecule is CCCCOc1cccc(NCC(=O)Nc2ccc(C(=O)N3CCCCC3)cc2)c1. The topological polar surface area (TPSA) is 70.7 Å². The molecule has 2 amide bonds. The molecule has 2 N–H and O–H groups in total. The second kappa shape index (κ2) is 11.2. The molecule has 0 radical (unpaired) electrons. The Morgan fingerprint density at radius 3 is 2.50 bits per heavy atom. The lowest BCUT2D eigenvalue weighted by molar-refractivity contribution is -0.114. The zero-order chi connectivity index (χ0) is 21.2. The van der Waals surface area contributed by atoms with Gasteiger partial charge in [-0.05, 0) is 62.1 Å². The minimum absolute atomic E-state index is 0.0651. The minimum Gasteiger partial charge on any atom is -0.494 e. The first-order chi connectivity index (χ1) is 14.7. The summed E-state index contributed by atoms with van der Waals surface area (Å²) in [4.78, 5) is 26.7. The number of rotatable bonds is 9. The number of hydrogen-bond donors (Lipinski definition) is 2. The summed E-state index contributed by atoms with van der Waals surface area (Å²) in [7, 11) is 0. The maximum absolute atomic E-state index is 12.5. The summed E-state index contributed by atoms with van der Waals surface area (Å²) in [5, 5.41) is 5.97. The zero-order valence-corrected chi connectivity index (χ0v) is 17.7. The van der Waals surface area contributed by atoms with E-state index in [1.165, 1.54) is 6.42 Å². The number of piperidine rings is 1. The molecule has 0 aliphatic carbocycles. The Kier molecular flexibility index (Phi) is 8.12. The number of carbonyl (C=O) groups excluding carboxylic acids is 2. The van der Waals surface area contributed by atoms with Crippen LogP contribution in [0, 0.1) is 0 Å². The van der Waals surface area contributed by atoms with Crippen molar-refractivity contribution in [2.75, 3.05) is 36.9 Å². The Labute approximate surface area is 178 Å². The highest BCUT2D eigenvalue weighted by molar-refractivity contribution is 5.96. The van der Waals surface area contributed by atoms with E-state index < -0.39 is 0 Å². The quantitative estimate of drug-likeness (QED) is 0.597. The van der Waals surface area contributed by atoms with Gasteiger partial charge in [-0.15, -0.1) is 0 Å². The van der Waals surface area contributed by atoms with Gasteiger partial charge in [0.15, 0.2) is 0 Å². The van der Waals surface area contributed by atoms with E-state index in [1.54, 1.807) is 24.3 Å². The van der Waals surface area contributed by atoms with Crippen LogP contribution in [0.2, 0.25) is 0 Å². The van der Waals surface area contributed by atoms with Crippen molar-refractivity contribution < 1.29 is 14.3 Å². The number of nitrogens with zero attached hydrogens (tertiary/aromatic N) is 1. The first-order valence-electron chi connectivity index (χ1n) is 10.8. The van der Waals surface area contributed by atoms with E-state index >= 15 is 0 Å². The third kappa shape index (κ3) is 6.51. The molecule has 1 heterocycles. The third-order valence-corrected chi connectivity index (χ3v) is 5.11. The van der Waals surface area contributed by atoms with Gasteiger partial charge in [0, 0.05) is 36.1 Å². The van der Waals surface area contributed by atoms with Crippen molar-refractivity contribution in [2.24, 2.45) is 0 Å². The fourth-order valence-corrected chi connectivity index (χ4v) is 3.39. The van der Waals surface area contributed by atoms with Crippen molar-refractivity contribution in [2.45, 2.75) is 39.0 Å². The normalized spacial score (nSPS) is 13.6. The van der Waals surface area contributed by atoms with Gasteiger partial charge in [-0.25, -0.2) is 0 Å². The summed E-state index contributed by atoms with van der Waals surface area (Å²) in [6, 6.07) is 14.7. The number of unbranched alkanes of at least 4 members (excludes halogenated alkanes) is 1. The van der Waals surface area contributed by atoms with Crippen LogP contribution in [0.15, 0.2) is 48.5 Å². The molecular weight excluding hydrogens is 378 g/mol. The highest BCUT2D eigenvalue weighted by Gasteiger charge is 2.18. The van der Waals surface area contributed by atoms with Gasteiger partial charge in [0.25, 0.3) is 5.91 Å².